The molecular weight excluding hydrogens is 879 g/mol. The third-order valence-corrected chi connectivity index (χ3v) is 13.2. The molecule has 0 atom stereocenters. The molecule has 0 aliphatic carbocycles. The van der Waals surface area contributed by atoms with Crippen molar-refractivity contribution in [3.8, 4) is 0 Å². The first kappa shape index (κ1) is 48.1. The zero-order valence-corrected chi connectivity index (χ0v) is 36.7. The largest absolute Gasteiger partial charge is 0.378 e. The van der Waals surface area contributed by atoms with Crippen LogP contribution in [0, 0.1) is 23.3 Å². The third kappa shape index (κ3) is 12.6. The van der Waals surface area contributed by atoms with Gasteiger partial charge in [0.1, 0.15) is 23.3 Å². The van der Waals surface area contributed by atoms with Crippen LogP contribution in [-0.4, -0.2) is 82.8 Å². The average Bonchev–Trinajstić information content (AvgIpc) is 3.22. The second-order valence-electron chi connectivity index (χ2n) is 16.7. The molecule has 4 aliphatic heterocycles. The molecule has 2 saturated heterocycles. The number of primary sulfonamides is 1. The second kappa shape index (κ2) is 19.8. The summed E-state index contributed by atoms with van der Waals surface area (Å²) in [4.78, 5) is 38.9. The zero-order chi connectivity index (χ0) is 46.5. The summed E-state index contributed by atoms with van der Waals surface area (Å²) in [7, 11) is -7.09. The minimum atomic E-state index is -3.71. The molecule has 0 bridgehead atoms. The van der Waals surface area contributed by atoms with Gasteiger partial charge in [-0.25, -0.2) is 44.3 Å². The van der Waals surface area contributed by atoms with Gasteiger partial charge < -0.3 is 31.9 Å². The molecule has 4 aromatic rings. The van der Waals surface area contributed by atoms with Crippen molar-refractivity contribution >= 4 is 48.8 Å². The van der Waals surface area contributed by atoms with Gasteiger partial charge in [-0.2, -0.15) is 0 Å². The molecule has 0 radical (unpaired) electrons. The van der Waals surface area contributed by atoms with Crippen LogP contribution >= 0.6 is 0 Å². The quantitative estimate of drug-likeness (QED) is 0.131. The van der Waals surface area contributed by atoms with E-state index in [-0.39, 0.29) is 59.6 Å². The highest BCUT2D eigenvalue weighted by atomic mass is 32.2. The number of hydrogen-bond acceptors (Lipinski definition) is 11. The summed E-state index contributed by atoms with van der Waals surface area (Å²) in [5.74, 6) is -2.95. The van der Waals surface area contributed by atoms with Gasteiger partial charge in [-0.1, -0.05) is 24.3 Å². The minimum absolute atomic E-state index is 0.0513. The highest BCUT2D eigenvalue weighted by Gasteiger charge is 2.42. The maximum Gasteiger partial charge on any atom is 0.317 e. The third-order valence-electron chi connectivity index (χ3n) is 11.6. The molecule has 8 N–H and O–H groups in total. The van der Waals surface area contributed by atoms with E-state index in [0.29, 0.717) is 60.3 Å². The van der Waals surface area contributed by atoms with Crippen molar-refractivity contribution in [3.05, 3.63) is 129 Å². The number of likely N-dealkylation sites (tertiary alicyclic amines) is 1. The van der Waals surface area contributed by atoms with Gasteiger partial charge in [-0.3, -0.25) is 9.59 Å². The molecule has 64 heavy (non-hydrogen) atoms. The summed E-state index contributed by atoms with van der Waals surface area (Å²) >= 11 is 0. The fourth-order valence-electron chi connectivity index (χ4n) is 8.33. The van der Waals surface area contributed by atoms with Crippen LogP contribution < -0.4 is 32.1 Å². The molecule has 0 saturated carbocycles. The summed E-state index contributed by atoms with van der Waals surface area (Å²) in [6.45, 7) is 3.09. The Bertz CT molecular complexity index is 2640. The van der Waals surface area contributed by atoms with Gasteiger partial charge in [0.15, 0.2) is 21.4 Å². The highest BCUT2D eigenvalue weighted by Crippen LogP contribution is 2.38. The fraction of sp³-hybridized carbons (Fsp3) is 0.386. The Morgan fingerprint density at radius 1 is 0.703 bits per heavy atom. The number of amides is 2. The SMILES string of the molecule is CS(=O)(=O)Cc1cc(CNC(=O)N2CCC3(CC2)CC(=O)c2cc(F)ccc2N3)ccc1F.NCc1ccc(F)c(CS(N)(=O)=O)c1.O=C1CC2(CCNCC2)Nc2ccc(F)cc21. The second-order valence-corrected chi connectivity index (χ2v) is 20.5. The summed E-state index contributed by atoms with van der Waals surface area (Å²) < 4.78 is 98.0. The molecule has 2 amide bonds. The fourth-order valence-corrected chi connectivity index (χ4v) is 9.77. The zero-order valence-electron chi connectivity index (χ0n) is 35.1. The number of fused-ring (bicyclic) bond motifs is 2. The summed E-state index contributed by atoms with van der Waals surface area (Å²) in [6, 6.07) is 16.5. The van der Waals surface area contributed by atoms with E-state index in [1.165, 1.54) is 60.7 Å². The lowest BCUT2D eigenvalue weighted by Gasteiger charge is -2.45. The summed E-state index contributed by atoms with van der Waals surface area (Å²) in [5, 5.41) is 17.7. The Morgan fingerprint density at radius 3 is 1.69 bits per heavy atom. The van der Waals surface area contributed by atoms with Gasteiger partial charge >= 0.3 is 6.03 Å². The molecule has 8 rings (SSSR count). The number of carbonyl (C=O) groups excluding carboxylic acids is 3. The Morgan fingerprint density at radius 2 is 1.19 bits per heavy atom. The van der Waals surface area contributed by atoms with E-state index in [2.05, 4.69) is 21.3 Å². The Balaban J connectivity index is 0.000000182. The number of anilines is 2. The monoisotopic (exact) mass is 929 g/mol. The Hall–Kier alpha value is -5.41. The van der Waals surface area contributed by atoms with Crippen molar-refractivity contribution in [1.82, 2.24) is 15.5 Å². The average molecular weight is 930 g/mol. The number of urea groups is 1. The minimum Gasteiger partial charge on any atom is -0.378 e. The molecule has 14 nitrogen and oxygen atoms in total. The van der Waals surface area contributed by atoms with E-state index < -0.39 is 54.4 Å². The maximum atomic E-state index is 13.9. The van der Waals surface area contributed by atoms with Crippen LogP contribution in [-0.2, 0) is 44.5 Å². The first-order valence-corrected chi connectivity index (χ1v) is 24.3. The molecule has 4 aromatic carbocycles. The number of nitrogens with one attached hydrogen (secondary N) is 4. The molecule has 20 heteroatoms. The van der Waals surface area contributed by atoms with Gasteiger partial charge in [0, 0.05) is 90.0 Å². The van der Waals surface area contributed by atoms with Crippen molar-refractivity contribution in [2.75, 3.05) is 43.1 Å². The molecule has 344 valence electrons. The smallest absolute Gasteiger partial charge is 0.317 e. The van der Waals surface area contributed by atoms with Crippen molar-refractivity contribution in [1.29, 1.82) is 0 Å². The topological polar surface area (TPSA) is 223 Å². The number of rotatable bonds is 7. The van der Waals surface area contributed by atoms with E-state index in [0.717, 1.165) is 37.9 Å². The van der Waals surface area contributed by atoms with Gasteiger partial charge in [-0.15, -0.1) is 0 Å². The van der Waals surface area contributed by atoms with E-state index in [4.69, 9.17) is 10.9 Å². The summed E-state index contributed by atoms with van der Waals surface area (Å²) in [6.07, 6.45) is 4.78. The molecule has 2 spiro atoms. The van der Waals surface area contributed by atoms with E-state index >= 15 is 0 Å². The molecular formula is C44H51F4N7O7S2. The van der Waals surface area contributed by atoms with Crippen LogP contribution in [0.1, 0.15) is 81.5 Å². The number of nitrogens with two attached hydrogens (primary N) is 2. The number of hydrogen-bond donors (Lipinski definition) is 6. The van der Waals surface area contributed by atoms with Crippen LogP contribution in [0.25, 0.3) is 0 Å². The molecule has 0 unspecified atom stereocenters. The number of benzene rings is 4. The van der Waals surface area contributed by atoms with E-state index in [9.17, 15) is 48.8 Å². The van der Waals surface area contributed by atoms with Crippen molar-refractivity contribution in [3.63, 3.8) is 0 Å². The summed E-state index contributed by atoms with van der Waals surface area (Å²) in [5.41, 5.74) is 8.39. The van der Waals surface area contributed by atoms with Gasteiger partial charge in [0.05, 0.1) is 11.5 Å². The Labute approximate surface area is 369 Å². The van der Waals surface area contributed by atoms with Crippen LogP contribution in [0.15, 0.2) is 72.8 Å². The number of ketones is 2. The molecule has 4 aliphatic rings. The first-order chi connectivity index (χ1) is 30.1. The van der Waals surface area contributed by atoms with Gasteiger partial charge in [0.25, 0.3) is 0 Å². The van der Waals surface area contributed by atoms with Crippen molar-refractivity contribution < 1.29 is 48.8 Å². The molecule has 0 aromatic heterocycles. The van der Waals surface area contributed by atoms with E-state index in [1.807, 2.05) is 0 Å². The first-order valence-electron chi connectivity index (χ1n) is 20.5. The number of piperidine rings is 2. The lowest BCUT2D eigenvalue weighted by molar-refractivity contribution is 0.0911. The molecule has 2 fully saturated rings. The predicted octanol–water partition coefficient (Wildman–Crippen LogP) is 5.27. The number of nitrogens with zero attached hydrogens (tertiary/aromatic N) is 1. The number of sulfone groups is 1. The number of Topliss-reactive ketones (excluding diaryl/α,β-unsaturated/α-hetero) is 2. The van der Waals surface area contributed by atoms with Crippen LogP contribution in [0.4, 0.5) is 33.7 Å². The van der Waals surface area contributed by atoms with Crippen molar-refractivity contribution in [2.45, 2.75) is 74.2 Å². The van der Waals surface area contributed by atoms with Crippen molar-refractivity contribution in [2.24, 2.45) is 10.9 Å². The van der Waals surface area contributed by atoms with E-state index in [1.54, 1.807) is 17.0 Å². The van der Waals surface area contributed by atoms with Gasteiger partial charge in [0.2, 0.25) is 10.0 Å². The predicted molar refractivity (Wildman–Crippen MR) is 235 cm³/mol. The van der Waals surface area contributed by atoms with Gasteiger partial charge in [-0.05, 0) is 98.4 Å². The number of halogens is 4. The van der Waals surface area contributed by atoms with Crippen LogP contribution in [0.5, 0.6) is 0 Å². The standard InChI is InChI=1S/C23H25F2N3O4S.C13H15FN2O.C8H11FN2O2S/c1-33(31,32)14-16-10-15(2-4-19(16)25)13-26-22(30)28-8-6-23(7-9-28)12-21(29)18-11-17(24)3-5-20(18)27-23;14-9-1-2-11-10(7-9)12(17)8-13(16-11)3-5-15-6-4-13;9-8-2-1-6(4-10)3-7(8)5-14(11,12)13/h2-5,10-11,27H,6-9,12-14H2,1H3,(H,26,30);1-2,7,15-16H,3-6,8H2;1-3H,4-5,10H2,(H2,11,12,13). The van der Waals surface area contributed by atoms with Crippen LogP contribution in [0.2, 0.25) is 0 Å². The highest BCUT2D eigenvalue weighted by molar-refractivity contribution is 7.89. The number of sulfonamides is 1. The Kier molecular flexibility index (Phi) is 14.8. The normalized spacial score (nSPS) is 17.4. The maximum absolute atomic E-state index is 13.9. The lowest BCUT2D eigenvalue weighted by Crippen LogP contribution is -2.55. The number of carbonyl (C=O) groups is 3. The van der Waals surface area contributed by atoms with Crippen LogP contribution in [0.3, 0.4) is 0 Å². The lowest BCUT2D eigenvalue weighted by atomic mass is 9.78. The molecule has 4 heterocycles.